The summed E-state index contributed by atoms with van der Waals surface area (Å²) in [5.41, 5.74) is 0.790. The van der Waals surface area contributed by atoms with Crippen LogP contribution in [0.4, 0.5) is 5.82 Å². The Kier molecular flexibility index (Phi) is 3.70. The fraction of sp³-hybridized carbons (Fsp3) is 0.312. The molecule has 1 fully saturated rings. The molecule has 4 rings (SSSR count). The number of hydrogen-bond acceptors (Lipinski definition) is 6. The normalized spacial score (nSPS) is 17.9. The van der Waals surface area contributed by atoms with Gasteiger partial charge in [-0.3, -0.25) is 4.98 Å². The first kappa shape index (κ1) is 13.6. The third-order valence-corrected chi connectivity index (χ3v) is 4.55. The van der Waals surface area contributed by atoms with Crippen molar-refractivity contribution in [2.45, 2.75) is 18.9 Å². The minimum Gasteiger partial charge on any atom is -0.376 e. The van der Waals surface area contributed by atoms with E-state index < -0.39 is 0 Å². The molecule has 0 bridgehead atoms. The molecule has 22 heavy (non-hydrogen) atoms. The monoisotopic (exact) mass is 312 g/mol. The highest BCUT2D eigenvalue weighted by atomic mass is 32.1. The number of anilines is 1. The molecule has 112 valence electrons. The maximum absolute atomic E-state index is 5.67. The van der Waals surface area contributed by atoms with E-state index in [1.165, 1.54) is 0 Å². The Morgan fingerprint density at radius 2 is 2.27 bits per heavy atom. The van der Waals surface area contributed by atoms with Crippen molar-refractivity contribution in [2.24, 2.45) is 0 Å². The summed E-state index contributed by atoms with van der Waals surface area (Å²) in [6.07, 6.45) is 4.29. The molecule has 6 heteroatoms. The van der Waals surface area contributed by atoms with Crippen LogP contribution >= 0.6 is 11.3 Å². The molecular formula is C16H16N4OS. The molecule has 0 aliphatic carbocycles. The predicted molar refractivity (Wildman–Crippen MR) is 88.1 cm³/mol. The van der Waals surface area contributed by atoms with Gasteiger partial charge in [-0.15, -0.1) is 11.3 Å². The van der Waals surface area contributed by atoms with Crippen molar-refractivity contribution >= 4 is 27.4 Å². The van der Waals surface area contributed by atoms with Crippen LogP contribution in [0.15, 0.2) is 35.8 Å². The van der Waals surface area contributed by atoms with Crippen molar-refractivity contribution in [1.82, 2.24) is 15.0 Å². The highest BCUT2D eigenvalue weighted by Crippen LogP contribution is 2.28. The highest BCUT2D eigenvalue weighted by Gasteiger charge is 2.17. The van der Waals surface area contributed by atoms with E-state index in [2.05, 4.69) is 26.3 Å². The van der Waals surface area contributed by atoms with E-state index in [0.29, 0.717) is 5.82 Å². The fourth-order valence-corrected chi connectivity index (χ4v) is 3.38. The van der Waals surface area contributed by atoms with Crippen molar-refractivity contribution in [3.05, 3.63) is 35.8 Å². The largest absolute Gasteiger partial charge is 0.376 e. The summed E-state index contributed by atoms with van der Waals surface area (Å²) in [5.74, 6) is 1.52. The second-order valence-corrected chi connectivity index (χ2v) is 6.16. The van der Waals surface area contributed by atoms with E-state index >= 15 is 0 Å². The second kappa shape index (κ2) is 5.98. The van der Waals surface area contributed by atoms with Gasteiger partial charge in [0.15, 0.2) is 5.82 Å². The summed E-state index contributed by atoms with van der Waals surface area (Å²) in [6, 6.07) is 7.83. The van der Waals surface area contributed by atoms with Gasteiger partial charge in [-0.2, -0.15) is 0 Å². The van der Waals surface area contributed by atoms with Gasteiger partial charge in [0.25, 0.3) is 0 Å². The summed E-state index contributed by atoms with van der Waals surface area (Å²) in [6.45, 7) is 1.65. The summed E-state index contributed by atoms with van der Waals surface area (Å²) in [7, 11) is 0. The van der Waals surface area contributed by atoms with Crippen LogP contribution in [0.1, 0.15) is 12.8 Å². The average molecular weight is 312 g/mol. The quantitative estimate of drug-likeness (QED) is 0.800. The molecule has 1 saturated heterocycles. The summed E-state index contributed by atoms with van der Waals surface area (Å²) < 4.78 is 5.67. The van der Waals surface area contributed by atoms with Crippen molar-refractivity contribution in [3.8, 4) is 11.5 Å². The number of nitrogens with zero attached hydrogens (tertiary/aromatic N) is 3. The SMILES string of the molecule is c1ccc(-c2nc(NCC3CCCO3)c3ccsc3n2)nc1. The van der Waals surface area contributed by atoms with Crippen LogP contribution in [0, 0.1) is 0 Å². The van der Waals surface area contributed by atoms with Crippen molar-refractivity contribution < 1.29 is 4.74 Å². The van der Waals surface area contributed by atoms with Gasteiger partial charge in [0, 0.05) is 19.3 Å². The van der Waals surface area contributed by atoms with E-state index in [9.17, 15) is 0 Å². The zero-order chi connectivity index (χ0) is 14.8. The molecule has 4 heterocycles. The van der Waals surface area contributed by atoms with E-state index in [1.54, 1.807) is 17.5 Å². The standard InChI is InChI=1S/C16H16N4OS/c1-2-7-17-13(5-1)15-19-14(12-6-9-22-16(12)20-15)18-10-11-4-3-8-21-11/h1-2,5-7,9,11H,3-4,8,10H2,(H,18,19,20). The zero-order valence-corrected chi connectivity index (χ0v) is 12.8. The van der Waals surface area contributed by atoms with Gasteiger partial charge in [-0.1, -0.05) is 6.07 Å². The number of rotatable bonds is 4. The Labute approximate surface area is 132 Å². The number of ether oxygens (including phenoxy) is 1. The molecule has 3 aromatic rings. The number of hydrogen-bond donors (Lipinski definition) is 1. The van der Waals surface area contributed by atoms with Crippen LogP contribution in [0.2, 0.25) is 0 Å². The molecule has 0 radical (unpaired) electrons. The number of thiophene rings is 1. The van der Waals surface area contributed by atoms with Crippen LogP contribution in [0.3, 0.4) is 0 Å². The fourth-order valence-electron chi connectivity index (χ4n) is 2.62. The lowest BCUT2D eigenvalue weighted by Gasteiger charge is -2.12. The molecule has 0 amide bonds. The minimum absolute atomic E-state index is 0.280. The third-order valence-electron chi connectivity index (χ3n) is 3.74. The number of fused-ring (bicyclic) bond motifs is 1. The van der Waals surface area contributed by atoms with Crippen molar-refractivity contribution in [3.63, 3.8) is 0 Å². The average Bonchev–Trinajstić information content (AvgIpc) is 3.24. The van der Waals surface area contributed by atoms with Crippen LogP contribution < -0.4 is 5.32 Å². The summed E-state index contributed by atoms with van der Waals surface area (Å²) >= 11 is 1.62. The molecular weight excluding hydrogens is 296 g/mol. The van der Waals surface area contributed by atoms with Gasteiger partial charge >= 0.3 is 0 Å². The maximum Gasteiger partial charge on any atom is 0.181 e. The van der Waals surface area contributed by atoms with Gasteiger partial charge in [-0.25, -0.2) is 9.97 Å². The number of pyridine rings is 1. The van der Waals surface area contributed by atoms with Gasteiger partial charge in [0.1, 0.15) is 16.3 Å². The van der Waals surface area contributed by atoms with E-state index in [1.807, 2.05) is 23.6 Å². The third kappa shape index (κ3) is 2.67. The molecule has 0 saturated carbocycles. The molecule has 0 aromatic carbocycles. The smallest absolute Gasteiger partial charge is 0.181 e. The zero-order valence-electron chi connectivity index (χ0n) is 12.0. The van der Waals surface area contributed by atoms with E-state index in [-0.39, 0.29) is 6.10 Å². The molecule has 1 aliphatic heterocycles. The predicted octanol–water partition coefficient (Wildman–Crippen LogP) is 3.34. The second-order valence-electron chi connectivity index (χ2n) is 5.27. The molecule has 1 N–H and O–H groups in total. The Morgan fingerprint density at radius 1 is 1.27 bits per heavy atom. The highest BCUT2D eigenvalue weighted by molar-refractivity contribution is 7.16. The molecule has 5 nitrogen and oxygen atoms in total. The first-order valence-electron chi connectivity index (χ1n) is 7.42. The lowest BCUT2D eigenvalue weighted by Crippen LogP contribution is -2.19. The van der Waals surface area contributed by atoms with Gasteiger partial charge in [-0.05, 0) is 36.4 Å². The Bertz CT molecular complexity index is 768. The van der Waals surface area contributed by atoms with Crippen LogP contribution in [-0.4, -0.2) is 34.2 Å². The molecule has 1 aliphatic rings. The van der Waals surface area contributed by atoms with E-state index in [4.69, 9.17) is 4.74 Å². The lowest BCUT2D eigenvalue weighted by molar-refractivity contribution is 0.120. The minimum atomic E-state index is 0.280. The molecule has 1 atom stereocenters. The maximum atomic E-state index is 5.67. The van der Waals surface area contributed by atoms with Crippen molar-refractivity contribution in [2.75, 3.05) is 18.5 Å². The van der Waals surface area contributed by atoms with Gasteiger partial charge in [0.05, 0.1) is 11.5 Å². The van der Waals surface area contributed by atoms with Crippen LogP contribution in [-0.2, 0) is 4.74 Å². The Morgan fingerprint density at radius 3 is 3.09 bits per heavy atom. The number of nitrogens with one attached hydrogen (secondary N) is 1. The Hall–Kier alpha value is -2.05. The van der Waals surface area contributed by atoms with Crippen LogP contribution in [0.5, 0.6) is 0 Å². The number of aromatic nitrogens is 3. The van der Waals surface area contributed by atoms with Crippen LogP contribution in [0.25, 0.3) is 21.7 Å². The van der Waals surface area contributed by atoms with Crippen molar-refractivity contribution in [1.29, 1.82) is 0 Å². The molecule has 0 spiro atoms. The Balaban J connectivity index is 1.67. The van der Waals surface area contributed by atoms with Gasteiger partial charge in [0.2, 0.25) is 0 Å². The molecule has 1 unspecified atom stereocenters. The first-order chi connectivity index (χ1) is 10.9. The van der Waals surface area contributed by atoms with Gasteiger partial charge < -0.3 is 10.1 Å². The topological polar surface area (TPSA) is 59.9 Å². The first-order valence-corrected chi connectivity index (χ1v) is 8.30. The van der Waals surface area contributed by atoms with E-state index in [0.717, 1.165) is 47.7 Å². The summed E-state index contributed by atoms with van der Waals surface area (Å²) in [5, 5.41) is 6.53. The lowest BCUT2D eigenvalue weighted by atomic mass is 10.2. The summed E-state index contributed by atoms with van der Waals surface area (Å²) in [4.78, 5) is 14.6. The molecule has 3 aromatic heterocycles.